The minimum atomic E-state index is 0.559. The van der Waals surface area contributed by atoms with Crippen LogP contribution in [0.4, 0.5) is 0 Å². The molecule has 0 aliphatic rings. The molecule has 45 heavy (non-hydrogen) atoms. The summed E-state index contributed by atoms with van der Waals surface area (Å²) < 4.78 is 22.5. The molecule has 7 heteroatoms. The highest BCUT2D eigenvalue weighted by Gasteiger charge is 2.18. The van der Waals surface area contributed by atoms with Crippen molar-refractivity contribution in [3.8, 4) is 45.6 Å². The van der Waals surface area contributed by atoms with E-state index >= 15 is 0 Å². The van der Waals surface area contributed by atoms with Gasteiger partial charge in [-0.05, 0) is 93.4 Å². The van der Waals surface area contributed by atoms with E-state index in [-0.39, 0.29) is 0 Å². The third-order valence-electron chi connectivity index (χ3n) is 7.77. The van der Waals surface area contributed by atoms with Crippen molar-refractivity contribution in [3.63, 3.8) is 0 Å². The van der Waals surface area contributed by atoms with Gasteiger partial charge < -0.3 is 14.2 Å². The molecule has 0 amide bonds. The average molecular weight is 595 g/mol. The minimum Gasteiger partial charge on any atom is -0.493 e. The first-order valence-corrected chi connectivity index (χ1v) is 15.2. The maximum atomic E-state index is 6.45. The van der Waals surface area contributed by atoms with Crippen molar-refractivity contribution in [2.75, 3.05) is 13.2 Å². The van der Waals surface area contributed by atoms with Crippen LogP contribution in [-0.2, 0) is 0 Å². The van der Waals surface area contributed by atoms with Gasteiger partial charge in [-0.25, -0.2) is 9.67 Å². The first kappa shape index (κ1) is 28.2. The van der Waals surface area contributed by atoms with Crippen LogP contribution < -0.4 is 14.2 Å². The Bertz CT molecular complexity index is 2130. The Morgan fingerprint density at radius 2 is 1.44 bits per heavy atom. The summed E-state index contributed by atoms with van der Waals surface area (Å²) in [5.41, 5.74) is 7.06. The Morgan fingerprint density at radius 1 is 0.689 bits per heavy atom. The van der Waals surface area contributed by atoms with Crippen LogP contribution >= 0.6 is 0 Å². The van der Waals surface area contributed by atoms with Gasteiger partial charge in [0.25, 0.3) is 0 Å². The first-order chi connectivity index (χ1) is 22.0. The number of rotatable bonds is 9. The van der Waals surface area contributed by atoms with E-state index < -0.39 is 0 Å². The molecule has 224 valence electrons. The van der Waals surface area contributed by atoms with E-state index in [1.54, 1.807) is 0 Å². The molecule has 4 aromatic carbocycles. The van der Waals surface area contributed by atoms with Crippen LogP contribution in [0.5, 0.6) is 23.0 Å². The molecule has 0 atom stereocenters. The van der Waals surface area contributed by atoms with Crippen LogP contribution in [0.3, 0.4) is 0 Å². The molecule has 0 radical (unpaired) electrons. The molecule has 7 nitrogen and oxygen atoms in total. The molecule has 7 aromatic rings. The van der Waals surface area contributed by atoms with Gasteiger partial charge in [-0.3, -0.25) is 4.57 Å². The summed E-state index contributed by atoms with van der Waals surface area (Å²) in [5, 5.41) is 7.01. The fraction of sp³-hybridized carbons (Fsp3) is 0.158. The van der Waals surface area contributed by atoms with Crippen LogP contribution in [0.25, 0.3) is 44.4 Å². The quantitative estimate of drug-likeness (QED) is 0.167. The second kappa shape index (κ2) is 11.8. The highest BCUT2D eigenvalue weighted by molar-refractivity contribution is 6.09. The highest BCUT2D eigenvalue weighted by atomic mass is 16.5. The van der Waals surface area contributed by atoms with Crippen LogP contribution in [0.15, 0.2) is 110 Å². The number of ether oxygens (including phenoxy) is 3. The normalized spacial score (nSPS) is 11.3. The standard InChI is InChI=1S/C38H34N4O3/c1-5-43-35-18-26(4)19-36(44-6-2)38(35)27-23-40-41(24-27)28-10-9-11-29(21-28)45-30-14-15-32-31-12-7-8-13-33(31)42(34(32)22-30)37-20-25(3)16-17-39-37/h7-24H,5-6H2,1-4H3. The fourth-order valence-corrected chi connectivity index (χ4v) is 5.87. The second-order valence-electron chi connectivity index (χ2n) is 11.0. The number of para-hydroxylation sites is 1. The van der Waals surface area contributed by atoms with Gasteiger partial charge in [-0.1, -0.05) is 24.3 Å². The molecule has 3 heterocycles. The largest absolute Gasteiger partial charge is 0.493 e. The average Bonchev–Trinajstić information content (AvgIpc) is 3.64. The third-order valence-corrected chi connectivity index (χ3v) is 7.77. The van der Waals surface area contributed by atoms with E-state index in [0.717, 1.165) is 67.4 Å². The number of nitrogens with zero attached hydrogens (tertiary/aromatic N) is 4. The molecule has 7 rings (SSSR count). The molecule has 0 bridgehead atoms. The monoisotopic (exact) mass is 594 g/mol. The SMILES string of the molecule is CCOc1cc(C)cc(OCC)c1-c1cnn(-c2cccc(Oc3ccc4c5ccccc5n(-c5cc(C)ccn5)c4c3)c2)c1. The molecular formula is C38H34N4O3. The van der Waals surface area contributed by atoms with Crippen LogP contribution in [0.2, 0.25) is 0 Å². The van der Waals surface area contributed by atoms with Gasteiger partial charge in [0.15, 0.2) is 0 Å². The lowest BCUT2D eigenvalue weighted by Gasteiger charge is -2.15. The molecule has 0 N–H and O–H groups in total. The van der Waals surface area contributed by atoms with Crippen molar-refractivity contribution < 1.29 is 14.2 Å². The van der Waals surface area contributed by atoms with E-state index in [4.69, 9.17) is 24.3 Å². The maximum Gasteiger partial charge on any atom is 0.137 e. The third kappa shape index (κ3) is 5.38. The van der Waals surface area contributed by atoms with Crippen molar-refractivity contribution in [3.05, 3.63) is 121 Å². The summed E-state index contributed by atoms with van der Waals surface area (Å²) in [4.78, 5) is 4.70. The molecule has 0 fully saturated rings. The molecule has 0 saturated heterocycles. The lowest BCUT2D eigenvalue weighted by Crippen LogP contribution is -2.00. The van der Waals surface area contributed by atoms with Gasteiger partial charge in [0.2, 0.25) is 0 Å². The number of pyridine rings is 1. The summed E-state index contributed by atoms with van der Waals surface area (Å²) in [6.45, 7) is 9.21. The van der Waals surface area contributed by atoms with Crippen molar-refractivity contribution in [2.24, 2.45) is 0 Å². The summed E-state index contributed by atoms with van der Waals surface area (Å²) in [6.07, 6.45) is 5.69. The van der Waals surface area contributed by atoms with Gasteiger partial charge >= 0.3 is 0 Å². The van der Waals surface area contributed by atoms with Crippen molar-refractivity contribution >= 4 is 21.8 Å². The van der Waals surface area contributed by atoms with Crippen molar-refractivity contribution in [1.29, 1.82) is 0 Å². The van der Waals surface area contributed by atoms with Crippen LogP contribution in [-0.4, -0.2) is 32.5 Å². The Balaban J connectivity index is 1.24. The van der Waals surface area contributed by atoms with Gasteiger partial charge in [-0.15, -0.1) is 0 Å². The van der Waals surface area contributed by atoms with Gasteiger partial charge in [-0.2, -0.15) is 5.10 Å². The Labute approximate surface area is 262 Å². The highest BCUT2D eigenvalue weighted by Crippen LogP contribution is 2.40. The number of aromatic nitrogens is 4. The number of benzene rings is 4. The zero-order chi connectivity index (χ0) is 30.9. The zero-order valence-corrected chi connectivity index (χ0v) is 25.8. The van der Waals surface area contributed by atoms with Gasteiger partial charge in [0.05, 0.1) is 41.7 Å². The minimum absolute atomic E-state index is 0.559. The Hall–Kier alpha value is -5.56. The summed E-state index contributed by atoms with van der Waals surface area (Å²) >= 11 is 0. The maximum absolute atomic E-state index is 6.45. The molecule has 0 saturated carbocycles. The fourth-order valence-electron chi connectivity index (χ4n) is 5.87. The van der Waals surface area contributed by atoms with Gasteiger partial charge in [0.1, 0.15) is 28.8 Å². The molecule has 0 aliphatic carbocycles. The molecule has 3 aromatic heterocycles. The van der Waals surface area contributed by atoms with E-state index in [1.165, 1.54) is 5.39 Å². The predicted octanol–water partition coefficient (Wildman–Crippen LogP) is 9.24. The van der Waals surface area contributed by atoms with E-state index in [0.29, 0.717) is 19.0 Å². The summed E-state index contributed by atoms with van der Waals surface area (Å²) in [7, 11) is 0. The zero-order valence-electron chi connectivity index (χ0n) is 25.8. The van der Waals surface area contributed by atoms with E-state index in [2.05, 4.69) is 54.0 Å². The molecular weight excluding hydrogens is 560 g/mol. The molecule has 0 aliphatic heterocycles. The van der Waals surface area contributed by atoms with Crippen LogP contribution in [0.1, 0.15) is 25.0 Å². The van der Waals surface area contributed by atoms with Crippen LogP contribution in [0, 0.1) is 13.8 Å². The lowest BCUT2D eigenvalue weighted by atomic mass is 10.0. The van der Waals surface area contributed by atoms with Crippen molar-refractivity contribution in [1.82, 2.24) is 19.3 Å². The number of hydrogen-bond acceptors (Lipinski definition) is 5. The van der Waals surface area contributed by atoms with E-state index in [1.807, 2.05) is 92.6 Å². The summed E-state index contributed by atoms with van der Waals surface area (Å²) in [6, 6.07) is 30.8. The van der Waals surface area contributed by atoms with E-state index in [9.17, 15) is 0 Å². The molecule has 0 spiro atoms. The number of fused-ring (bicyclic) bond motifs is 3. The number of aryl methyl sites for hydroxylation is 2. The Morgan fingerprint density at radius 3 is 2.22 bits per heavy atom. The predicted molar refractivity (Wildman–Crippen MR) is 179 cm³/mol. The smallest absolute Gasteiger partial charge is 0.137 e. The number of hydrogen-bond donors (Lipinski definition) is 0. The van der Waals surface area contributed by atoms with Crippen molar-refractivity contribution in [2.45, 2.75) is 27.7 Å². The second-order valence-corrected chi connectivity index (χ2v) is 11.0. The van der Waals surface area contributed by atoms with Gasteiger partial charge in [0, 0.05) is 40.9 Å². The molecule has 0 unspecified atom stereocenters. The summed E-state index contributed by atoms with van der Waals surface area (Å²) in [5.74, 6) is 3.89. The topological polar surface area (TPSA) is 63.3 Å². The Kier molecular flexibility index (Phi) is 7.43. The lowest BCUT2D eigenvalue weighted by molar-refractivity contribution is 0.325. The first-order valence-electron chi connectivity index (χ1n) is 15.2.